The molecule has 1 aromatic carbocycles. The highest BCUT2D eigenvalue weighted by molar-refractivity contribution is 8.01. The van der Waals surface area contributed by atoms with Crippen LogP contribution in [-0.4, -0.2) is 29.5 Å². The summed E-state index contributed by atoms with van der Waals surface area (Å²) in [6.45, 7) is 10.3. The Kier molecular flexibility index (Phi) is 6.94. The van der Waals surface area contributed by atoms with Crippen LogP contribution in [0, 0.1) is 0 Å². The van der Waals surface area contributed by atoms with Gasteiger partial charge in [-0.25, -0.2) is 0 Å². The third-order valence-electron chi connectivity index (χ3n) is 3.14. The van der Waals surface area contributed by atoms with Crippen molar-refractivity contribution in [3.63, 3.8) is 0 Å². The summed E-state index contributed by atoms with van der Waals surface area (Å²) in [6.07, 6.45) is 0. The molecule has 0 heterocycles. The van der Waals surface area contributed by atoms with Gasteiger partial charge in [-0.05, 0) is 37.0 Å². The summed E-state index contributed by atoms with van der Waals surface area (Å²) < 4.78 is 4.84. The number of anilines is 1. The van der Waals surface area contributed by atoms with Crippen LogP contribution < -0.4 is 5.32 Å². The Morgan fingerprint density at radius 1 is 1.23 bits per heavy atom. The van der Waals surface area contributed by atoms with Gasteiger partial charge in [0.1, 0.15) is 0 Å². The molecular formula is C17H25NO3S. The van der Waals surface area contributed by atoms with Gasteiger partial charge in [0, 0.05) is 5.69 Å². The molecular weight excluding hydrogens is 298 g/mol. The highest BCUT2D eigenvalue weighted by Gasteiger charge is 2.17. The molecule has 0 saturated heterocycles. The highest BCUT2D eigenvalue weighted by Crippen LogP contribution is 2.23. The molecule has 0 bridgehead atoms. The first-order chi connectivity index (χ1) is 10.2. The van der Waals surface area contributed by atoms with Gasteiger partial charge in [-0.1, -0.05) is 32.9 Å². The summed E-state index contributed by atoms with van der Waals surface area (Å²) in [5, 5.41) is 2.55. The molecule has 1 unspecified atom stereocenters. The lowest BCUT2D eigenvalue weighted by Gasteiger charge is -2.19. The van der Waals surface area contributed by atoms with Crippen molar-refractivity contribution < 1.29 is 14.3 Å². The molecule has 0 radical (unpaired) electrons. The van der Waals surface area contributed by atoms with E-state index in [0.29, 0.717) is 6.61 Å². The van der Waals surface area contributed by atoms with Gasteiger partial charge in [-0.2, -0.15) is 0 Å². The van der Waals surface area contributed by atoms with Crippen molar-refractivity contribution in [2.75, 3.05) is 17.7 Å². The minimum absolute atomic E-state index is 0.0886. The topological polar surface area (TPSA) is 55.4 Å². The summed E-state index contributed by atoms with van der Waals surface area (Å²) >= 11 is 1.27. The van der Waals surface area contributed by atoms with E-state index in [1.807, 2.05) is 24.3 Å². The lowest BCUT2D eigenvalue weighted by Crippen LogP contribution is -2.24. The van der Waals surface area contributed by atoms with Gasteiger partial charge in [-0.3, -0.25) is 9.59 Å². The number of thioether (sulfide) groups is 1. The van der Waals surface area contributed by atoms with Crippen LogP contribution in [0.15, 0.2) is 24.3 Å². The molecule has 0 aromatic heterocycles. The van der Waals surface area contributed by atoms with Crippen molar-refractivity contribution in [2.45, 2.75) is 45.3 Å². The number of ether oxygens (including phenoxy) is 1. The maximum Gasteiger partial charge on any atom is 0.315 e. The van der Waals surface area contributed by atoms with Crippen LogP contribution in [0.5, 0.6) is 0 Å². The van der Waals surface area contributed by atoms with Gasteiger partial charge >= 0.3 is 5.97 Å². The van der Waals surface area contributed by atoms with Crippen molar-refractivity contribution in [1.29, 1.82) is 0 Å². The second kappa shape index (κ2) is 8.22. The molecule has 0 aliphatic carbocycles. The molecule has 4 nitrogen and oxygen atoms in total. The van der Waals surface area contributed by atoms with Crippen molar-refractivity contribution in [3.8, 4) is 0 Å². The predicted molar refractivity (Wildman–Crippen MR) is 92.3 cm³/mol. The normalized spacial score (nSPS) is 12.6. The third-order valence-corrected chi connectivity index (χ3v) is 4.26. The van der Waals surface area contributed by atoms with E-state index < -0.39 is 0 Å². The van der Waals surface area contributed by atoms with Crippen LogP contribution in [0.25, 0.3) is 0 Å². The number of nitrogens with one attached hydrogen (secondary N) is 1. The Morgan fingerprint density at radius 3 is 2.32 bits per heavy atom. The van der Waals surface area contributed by atoms with Crippen molar-refractivity contribution >= 4 is 29.3 Å². The molecule has 22 heavy (non-hydrogen) atoms. The molecule has 0 spiro atoms. The molecule has 1 aromatic rings. The predicted octanol–water partition coefficient (Wildman–Crippen LogP) is 3.61. The van der Waals surface area contributed by atoms with E-state index in [-0.39, 0.29) is 28.3 Å². The molecule has 1 rings (SSSR count). The number of carbonyl (C=O) groups excluding carboxylic acids is 2. The molecule has 0 aliphatic rings. The Hall–Kier alpha value is -1.49. The number of amides is 1. The maximum atomic E-state index is 12.1. The number of carbonyl (C=O) groups is 2. The second-order valence-corrected chi connectivity index (χ2v) is 7.40. The van der Waals surface area contributed by atoms with Gasteiger partial charge < -0.3 is 10.1 Å². The first-order valence-corrected chi connectivity index (χ1v) is 8.47. The van der Waals surface area contributed by atoms with E-state index in [2.05, 4.69) is 26.1 Å². The van der Waals surface area contributed by atoms with E-state index >= 15 is 0 Å². The molecule has 1 amide bonds. The minimum Gasteiger partial charge on any atom is -0.465 e. The minimum atomic E-state index is -0.313. The van der Waals surface area contributed by atoms with Crippen LogP contribution in [-0.2, 0) is 19.7 Å². The van der Waals surface area contributed by atoms with Crippen LogP contribution in [0.4, 0.5) is 5.69 Å². The zero-order chi connectivity index (χ0) is 16.8. The molecule has 0 aliphatic heterocycles. The Labute approximate surface area is 137 Å². The first-order valence-electron chi connectivity index (χ1n) is 7.42. The van der Waals surface area contributed by atoms with Gasteiger partial charge in [0.15, 0.2) is 0 Å². The average Bonchev–Trinajstić information content (AvgIpc) is 2.44. The fraction of sp³-hybridized carbons (Fsp3) is 0.529. The van der Waals surface area contributed by atoms with E-state index in [1.165, 1.54) is 17.3 Å². The molecule has 1 N–H and O–H groups in total. The third kappa shape index (κ3) is 6.10. The van der Waals surface area contributed by atoms with Crippen LogP contribution in [0.3, 0.4) is 0 Å². The number of rotatable bonds is 6. The standard InChI is InChI=1S/C17H25NO3S/c1-6-21-15(19)11-22-12(2)16(20)18-14-9-7-13(8-10-14)17(3,4)5/h7-10,12H,6,11H2,1-5H3,(H,18,20). The van der Waals surface area contributed by atoms with Crippen molar-refractivity contribution in [2.24, 2.45) is 0 Å². The zero-order valence-electron chi connectivity index (χ0n) is 13.9. The summed E-state index contributed by atoms with van der Waals surface area (Å²) in [4.78, 5) is 23.4. The SMILES string of the molecule is CCOC(=O)CSC(C)C(=O)Nc1ccc(C(C)(C)C)cc1. The number of benzene rings is 1. The fourth-order valence-corrected chi connectivity index (χ4v) is 2.45. The fourth-order valence-electron chi connectivity index (χ4n) is 1.77. The van der Waals surface area contributed by atoms with E-state index in [0.717, 1.165) is 5.69 Å². The first kappa shape index (κ1) is 18.6. The Morgan fingerprint density at radius 2 is 1.82 bits per heavy atom. The zero-order valence-corrected chi connectivity index (χ0v) is 14.8. The van der Waals surface area contributed by atoms with E-state index in [4.69, 9.17) is 4.74 Å². The van der Waals surface area contributed by atoms with Crippen LogP contribution >= 0.6 is 11.8 Å². The molecule has 122 valence electrons. The van der Waals surface area contributed by atoms with Gasteiger partial charge in [0.25, 0.3) is 0 Å². The van der Waals surface area contributed by atoms with Crippen LogP contribution in [0.1, 0.15) is 40.2 Å². The molecule has 0 saturated carbocycles. The lowest BCUT2D eigenvalue weighted by atomic mass is 9.87. The summed E-state index contributed by atoms with van der Waals surface area (Å²) in [5.41, 5.74) is 2.07. The molecule has 0 fully saturated rings. The quantitative estimate of drug-likeness (QED) is 0.813. The van der Waals surface area contributed by atoms with Gasteiger partial charge in [-0.15, -0.1) is 11.8 Å². The Balaban J connectivity index is 2.52. The monoisotopic (exact) mass is 323 g/mol. The Bertz CT molecular complexity index is 506. The highest BCUT2D eigenvalue weighted by atomic mass is 32.2. The second-order valence-electron chi connectivity index (χ2n) is 6.07. The molecule has 5 heteroatoms. The number of esters is 1. The van der Waals surface area contributed by atoms with Crippen LogP contribution in [0.2, 0.25) is 0 Å². The van der Waals surface area contributed by atoms with E-state index in [9.17, 15) is 9.59 Å². The number of hydrogen-bond donors (Lipinski definition) is 1. The smallest absolute Gasteiger partial charge is 0.315 e. The average molecular weight is 323 g/mol. The van der Waals surface area contributed by atoms with Gasteiger partial charge in [0.2, 0.25) is 5.91 Å². The van der Waals surface area contributed by atoms with E-state index in [1.54, 1.807) is 13.8 Å². The summed E-state index contributed by atoms with van der Waals surface area (Å²) in [7, 11) is 0. The summed E-state index contributed by atoms with van der Waals surface area (Å²) in [6, 6.07) is 7.85. The maximum absolute atomic E-state index is 12.1. The summed E-state index contributed by atoms with van der Waals surface area (Å²) in [5.74, 6) is -0.217. The molecule has 1 atom stereocenters. The number of hydrogen-bond acceptors (Lipinski definition) is 4. The largest absolute Gasteiger partial charge is 0.465 e. The van der Waals surface area contributed by atoms with Crippen molar-refractivity contribution in [1.82, 2.24) is 0 Å². The van der Waals surface area contributed by atoms with Gasteiger partial charge in [0.05, 0.1) is 17.6 Å². The lowest BCUT2D eigenvalue weighted by molar-refractivity contribution is -0.139. The van der Waals surface area contributed by atoms with Crippen molar-refractivity contribution in [3.05, 3.63) is 29.8 Å².